The van der Waals surface area contributed by atoms with E-state index in [0.29, 0.717) is 12.1 Å². The first kappa shape index (κ1) is 28.9. The summed E-state index contributed by atoms with van der Waals surface area (Å²) in [5.41, 5.74) is 3.93. The van der Waals surface area contributed by atoms with Gasteiger partial charge in [0.05, 0.1) is 6.10 Å². The third-order valence-corrected chi connectivity index (χ3v) is 10.1. The van der Waals surface area contributed by atoms with Crippen molar-refractivity contribution in [3.8, 4) is 16.5 Å². The fraction of sp³-hybridized carbons (Fsp3) is 0.290. The molecule has 3 aromatic rings. The fourth-order valence-electron chi connectivity index (χ4n) is 5.30. The van der Waals surface area contributed by atoms with Gasteiger partial charge in [0.25, 0.3) is 0 Å². The number of phenols is 1. The molecule has 8 nitrogen and oxygen atoms in total. The van der Waals surface area contributed by atoms with E-state index in [2.05, 4.69) is 10.3 Å². The summed E-state index contributed by atoms with van der Waals surface area (Å²) >= 11 is 0.0323. The molecule has 0 spiro atoms. The monoisotopic (exact) mass is 638 g/mol. The van der Waals surface area contributed by atoms with Crippen LogP contribution in [0.2, 0.25) is 5.32 Å². The number of aromatic hydroxyl groups is 1. The van der Waals surface area contributed by atoms with E-state index in [1.165, 1.54) is 0 Å². The van der Waals surface area contributed by atoms with Crippen LogP contribution in [-0.2, 0) is 19.6 Å². The number of carbonyl (C=O) groups excluding carboxylic acids is 1. The number of amides is 1. The second-order valence-electron chi connectivity index (χ2n) is 9.96. The Morgan fingerprint density at radius 2 is 1.66 bits per heavy atom. The van der Waals surface area contributed by atoms with Crippen LogP contribution in [0.1, 0.15) is 43.2 Å². The number of ether oxygens (including phenoxy) is 1. The quantitative estimate of drug-likeness (QED) is 0.156. The maximum absolute atomic E-state index is 13.4. The number of hydrogen-bond acceptors (Lipinski definition) is 7. The fourth-order valence-corrected chi connectivity index (χ4v) is 7.64. The Balaban J connectivity index is 1.36. The maximum atomic E-state index is 13.4. The minimum atomic E-state index is -4.01. The first-order chi connectivity index (χ1) is 19.9. The van der Waals surface area contributed by atoms with Crippen molar-refractivity contribution in [3.63, 3.8) is 0 Å². The predicted molar refractivity (Wildman–Crippen MR) is 158 cm³/mol. The minimum absolute atomic E-state index is 0.0323. The van der Waals surface area contributed by atoms with Gasteiger partial charge < -0.3 is 14.0 Å². The van der Waals surface area contributed by atoms with Gasteiger partial charge in [-0.25, -0.2) is 0 Å². The summed E-state index contributed by atoms with van der Waals surface area (Å²) in [6.07, 6.45) is 2.14. The zero-order chi connectivity index (χ0) is 28.8. The molecule has 1 saturated heterocycles. The van der Waals surface area contributed by atoms with E-state index >= 15 is 0 Å². The van der Waals surface area contributed by atoms with Crippen molar-refractivity contribution in [1.29, 1.82) is 5.26 Å². The van der Waals surface area contributed by atoms with Gasteiger partial charge in [-0.1, -0.05) is 30.3 Å². The van der Waals surface area contributed by atoms with Gasteiger partial charge in [-0.15, -0.1) is 0 Å². The van der Waals surface area contributed by atoms with Gasteiger partial charge >= 0.3 is 123 Å². The van der Waals surface area contributed by atoms with Gasteiger partial charge in [-0.05, 0) is 35.4 Å². The van der Waals surface area contributed by atoms with Crippen LogP contribution in [-0.4, -0.2) is 51.8 Å². The van der Waals surface area contributed by atoms with Crippen LogP contribution in [0.3, 0.4) is 0 Å². The zero-order valence-electron chi connectivity index (χ0n) is 22.2. The summed E-state index contributed by atoms with van der Waals surface area (Å²) in [6, 6.07) is 22.6. The van der Waals surface area contributed by atoms with Gasteiger partial charge in [-0.2, -0.15) is 8.42 Å². The van der Waals surface area contributed by atoms with Crippen molar-refractivity contribution >= 4 is 47.8 Å². The number of rotatable bonds is 12. The summed E-state index contributed by atoms with van der Waals surface area (Å²) in [7, 11) is -4.01. The molecule has 3 aromatic carbocycles. The van der Waals surface area contributed by atoms with Crippen LogP contribution in [0.25, 0.3) is 11.1 Å². The van der Waals surface area contributed by atoms with Gasteiger partial charge in [-0.3, -0.25) is 0 Å². The Morgan fingerprint density at radius 3 is 2.37 bits per heavy atom. The number of hydrogen-bond donors (Lipinski definition) is 2. The van der Waals surface area contributed by atoms with Gasteiger partial charge in [0, 0.05) is 6.42 Å². The number of para-hydroxylation sites is 1. The van der Waals surface area contributed by atoms with E-state index < -0.39 is 27.6 Å². The Kier molecular flexibility index (Phi) is 9.11. The Hall–Kier alpha value is -3.61. The summed E-state index contributed by atoms with van der Waals surface area (Å²) < 4.78 is 38.5. The second-order valence-corrected chi connectivity index (χ2v) is 13.6. The van der Waals surface area contributed by atoms with Crippen LogP contribution in [0, 0.1) is 10.2 Å². The number of unbranched alkanes of at least 4 members (excludes halogenated alkanes) is 2. The van der Waals surface area contributed by atoms with Gasteiger partial charge in [0.1, 0.15) is 22.9 Å². The summed E-state index contributed by atoms with van der Waals surface area (Å²) in [5, 5.41) is 21.4. The van der Waals surface area contributed by atoms with Crippen LogP contribution in [0.5, 0.6) is 11.5 Å². The van der Waals surface area contributed by atoms with Crippen molar-refractivity contribution in [2.45, 2.75) is 54.9 Å². The average Bonchev–Trinajstić information content (AvgIpc) is 3.56. The third-order valence-electron chi connectivity index (χ3n) is 7.19. The van der Waals surface area contributed by atoms with Gasteiger partial charge in [0.2, 0.25) is 0 Å². The topological polar surface area (TPSA) is 126 Å². The number of carbonyl (C=O) groups is 1. The molecule has 5 rings (SSSR count). The van der Waals surface area contributed by atoms with E-state index in [9.17, 15) is 18.3 Å². The molecule has 3 atom stereocenters. The molecule has 2 N–H and O–H groups in total. The van der Waals surface area contributed by atoms with Crippen molar-refractivity contribution < 1.29 is 27.2 Å². The first-order valence-corrected chi connectivity index (χ1v) is 17.0. The normalized spacial score (nSPS) is 19.6. The van der Waals surface area contributed by atoms with E-state index in [1.807, 2.05) is 12.1 Å². The van der Waals surface area contributed by atoms with Crippen molar-refractivity contribution in [2.75, 3.05) is 5.32 Å². The molecule has 1 fully saturated rings. The SMILES string of the molecule is N#C[Se]CCCCCC(=O)Nc1ccc(C2=C(c3ccc(O)cc3)C3CC(S(=O)(=O)Oc4ccccc4)C2O3)cc1. The number of phenolic OH excluding ortho intramolecular Hbond substituents is 1. The van der Waals surface area contributed by atoms with Gasteiger partial charge in [0.15, 0.2) is 0 Å². The number of benzene rings is 3. The van der Waals surface area contributed by atoms with E-state index in [-0.39, 0.29) is 38.8 Å². The molecule has 2 aliphatic rings. The molecular formula is C31H30N2O6SSe. The first-order valence-electron chi connectivity index (χ1n) is 13.4. The molecular weight excluding hydrogens is 607 g/mol. The van der Waals surface area contributed by atoms with Crippen molar-refractivity contribution in [3.05, 3.63) is 90.0 Å². The summed E-state index contributed by atoms with van der Waals surface area (Å²) in [5.74, 6) is 0.322. The number of anilines is 1. The molecule has 0 aromatic heterocycles. The molecule has 1 amide bonds. The Labute approximate surface area is 246 Å². The molecule has 0 saturated carbocycles. The molecule has 10 heteroatoms. The summed E-state index contributed by atoms with van der Waals surface area (Å²) in [6.45, 7) is 0. The Bertz CT molecular complexity index is 1550. The third kappa shape index (κ3) is 6.83. The Morgan fingerprint density at radius 1 is 0.976 bits per heavy atom. The molecule has 41 heavy (non-hydrogen) atoms. The molecule has 2 bridgehead atoms. The second kappa shape index (κ2) is 12.9. The van der Waals surface area contributed by atoms with Crippen LogP contribution in [0.15, 0.2) is 78.9 Å². The molecule has 2 aliphatic heterocycles. The van der Waals surface area contributed by atoms with Crippen LogP contribution in [0.4, 0.5) is 5.69 Å². The number of fused-ring (bicyclic) bond motifs is 2. The zero-order valence-corrected chi connectivity index (χ0v) is 24.8. The average molecular weight is 638 g/mol. The van der Waals surface area contributed by atoms with Crippen molar-refractivity contribution in [2.24, 2.45) is 0 Å². The van der Waals surface area contributed by atoms with Crippen molar-refractivity contribution in [1.82, 2.24) is 0 Å². The molecule has 2 heterocycles. The molecule has 0 radical (unpaired) electrons. The van der Waals surface area contributed by atoms with E-state index in [1.54, 1.807) is 66.7 Å². The number of nitriles is 1. The summed E-state index contributed by atoms with van der Waals surface area (Å²) in [4.78, 5) is 14.6. The molecule has 212 valence electrons. The standard InChI is InChI=1S/C31H30N2O6SSe/c32-20-41-18-6-2-5-9-28(35)33-23-14-10-22(11-15-23)30-29(21-12-16-24(34)17-13-21)26-19-27(31(30)38-26)40(36,37)39-25-7-3-1-4-8-25/h1,3-4,7-8,10-17,26-27,31,34H,2,5-6,9,18-19H2,(H,33,35). The van der Waals surface area contributed by atoms with Crippen LogP contribution < -0.4 is 9.50 Å². The number of nitrogens with zero attached hydrogens (tertiary/aromatic N) is 1. The van der Waals surface area contributed by atoms with Crippen LogP contribution >= 0.6 is 0 Å². The van der Waals surface area contributed by atoms with E-state index in [4.69, 9.17) is 14.2 Å². The van der Waals surface area contributed by atoms with E-state index in [0.717, 1.165) is 46.9 Å². The molecule has 3 unspecified atom stereocenters. The molecule has 0 aliphatic carbocycles. The predicted octanol–water partition coefficient (Wildman–Crippen LogP) is 5.35. The number of nitrogens with one attached hydrogen (secondary N) is 1.